The lowest BCUT2D eigenvalue weighted by atomic mass is 10.0. The molecule has 3 N–H and O–H groups in total. The van der Waals surface area contributed by atoms with E-state index in [4.69, 9.17) is 15.7 Å². The maximum Gasteiger partial charge on any atom is 0.407 e. The molecule has 5 heterocycles. The molecule has 2 aromatic carbocycles. The number of benzene rings is 2. The lowest BCUT2D eigenvalue weighted by Gasteiger charge is -2.20. The number of fused-ring (bicyclic) bond motifs is 2. The first-order valence-electron chi connectivity index (χ1n) is 13.5. The van der Waals surface area contributed by atoms with E-state index in [9.17, 15) is 9.90 Å². The zero-order valence-electron chi connectivity index (χ0n) is 21.9. The standard InChI is InChI=1S/C31H29N7O2/c32-28-25(7-4-14-33-28)29-35-27-13-12-26(21-5-2-1-3-6-21)34-30(27)38(29)24-10-8-20(9-11-24)15-36-16-22-18-37(31(39)40)19-23(22)17-36/h1-14,22-23H,15-19H2,(H2,32,33)(H,39,40)/t22-,23+. The summed E-state index contributed by atoms with van der Waals surface area (Å²) in [5.74, 6) is 1.96. The smallest absolute Gasteiger partial charge is 0.407 e. The molecule has 0 radical (unpaired) electrons. The summed E-state index contributed by atoms with van der Waals surface area (Å²) >= 11 is 0. The van der Waals surface area contributed by atoms with Crippen molar-refractivity contribution in [1.82, 2.24) is 29.3 Å². The van der Waals surface area contributed by atoms with Gasteiger partial charge in [-0.25, -0.2) is 19.7 Å². The van der Waals surface area contributed by atoms with Gasteiger partial charge in [0.1, 0.15) is 11.3 Å². The van der Waals surface area contributed by atoms with Crippen LogP contribution in [0.15, 0.2) is 85.1 Å². The van der Waals surface area contributed by atoms with E-state index in [2.05, 4.69) is 50.8 Å². The minimum atomic E-state index is -0.804. The summed E-state index contributed by atoms with van der Waals surface area (Å²) in [6.45, 7) is 3.98. The number of nitrogen functional groups attached to an aromatic ring is 1. The molecule has 0 aliphatic carbocycles. The molecule has 3 aromatic heterocycles. The number of nitrogens with zero attached hydrogens (tertiary/aromatic N) is 6. The number of pyridine rings is 2. The van der Waals surface area contributed by atoms with E-state index in [1.54, 1.807) is 11.1 Å². The van der Waals surface area contributed by atoms with Gasteiger partial charge >= 0.3 is 6.09 Å². The van der Waals surface area contributed by atoms with Gasteiger partial charge < -0.3 is 15.7 Å². The summed E-state index contributed by atoms with van der Waals surface area (Å²) in [6, 6.07) is 26.4. The average Bonchev–Trinajstić information content (AvgIpc) is 3.66. The van der Waals surface area contributed by atoms with Crippen molar-refractivity contribution >= 4 is 23.1 Å². The van der Waals surface area contributed by atoms with E-state index in [-0.39, 0.29) is 0 Å². The van der Waals surface area contributed by atoms with Crippen molar-refractivity contribution in [2.45, 2.75) is 6.54 Å². The van der Waals surface area contributed by atoms with E-state index < -0.39 is 6.09 Å². The number of likely N-dealkylation sites (tertiary alicyclic amines) is 2. The van der Waals surface area contributed by atoms with Gasteiger partial charge in [0.25, 0.3) is 0 Å². The number of hydrogen-bond donors (Lipinski definition) is 2. The Kier molecular flexibility index (Phi) is 5.93. The predicted molar refractivity (Wildman–Crippen MR) is 154 cm³/mol. The molecular formula is C31H29N7O2. The Morgan fingerprint density at radius 2 is 1.62 bits per heavy atom. The molecule has 9 heteroatoms. The van der Waals surface area contributed by atoms with Crippen molar-refractivity contribution in [3.05, 3.63) is 90.6 Å². The molecule has 0 bridgehead atoms. The molecule has 2 aliphatic rings. The maximum absolute atomic E-state index is 11.3. The van der Waals surface area contributed by atoms with Crippen LogP contribution in [0.3, 0.4) is 0 Å². The molecule has 7 rings (SSSR count). The summed E-state index contributed by atoms with van der Waals surface area (Å²) in [7, 11) is 0. The Labute approximate surface area is 231 Å². The Morgan fingerprint density at radius 3 is 2.33 bits per heavy atom. The van der Waals surface area contributed by atoms with Crippen LogP contribution in [-0.4, -0.2) is 66.7 Å². The van der Waals surface area contributed by atoms with Crippen LogP contribution in [0.4, 0.5) is 10.6 Å². The molecule has 0 unspecified atom stereocenters. The molecule has 5 aromatic rings. The lowest BCUT2D eigenvalue weighted by molar-refractivity contribution is 0.148. The van der Waals surface area contributed by atoms with Crippen molar-refractivity contribution in [3.8, 4) is 28.3 Å². The minimum absolute atomic E-state index is 0.417. The molecule has 2 saturated heterocycles. The maximum atomic E-state index is 11.3. The highest BCUT2D eigenvalue weighted by Gasteiger charge is 2.41. The van der Waals surface area contributed by atoms with E-state index in [1.807, 2.05) is 42.5 Å². The van der Waals surface area contributed by atoms with Crippen molar-refractivity contribution in [3.63, 3.8) is 0 Å². The van der Waals surface area contributed by atoms with Gasteiger partial charge in [0, 0.05) is 50.2 Å². The number of anilines is 1. The number of imidazole rings is 1. The van der Waals surface area contributed by atoms with Crippen LogP contribution in [0.25, 0.3) is 39.5 Å². The second kappa shape index (κ2) is 9.77. The fourth-order valence-electron chi connectivity index (χ4n) is 6.14. The molecule has 2 fully saturated rings. The van der Waals surface area contributed by atoms with Gasteiger partial charge in [-0.2, -0.15) is 0 Å². The zero-order valence-corrected chi connectivity index (χ0v) is 21.9. The Hall–Kier alpha value is -4.76. The second-order valence-electron chi connectivity index (χ2n) is 10.7. The molecule has 1 amide bonds. The minimum Gasteiger partial charge on any atom is -0.465 e. The summed E-state index contributed by atoms with van der Waals surface area (Å²) in [5, 5.41) is 9.31. The summed E-state index contributed by atoms with van der Waals surface area (Å²) in [4.78, 5) is 29.6. The fraction of sp³-hybridized carbons (Fsp3) is 0.226. The van der Waals surface area contributed by atoms with Gasteiger partial charge in [0.15, 0.2) is 11.5 Å². The first-order valence-corrected chi connectivity index (χ1v) is 13.5. The Bertz CT molecular complexity index is 1690. The van der Waals surface area contributed by atoms with Crippen molar-refractivity contribution in [1.29, 1.82) is 0 Å². The highest BCUT2D eigenvalue weighted by molar-refractivity contribution is 5.84. The van der Waals surface area contributed by atoms with Crippen LogP contribution < -0.4 is 5.73 Å². The molecule has 2 aliphatic heterocycles. The largest absolute Gasteiger partial charge is 0.465 e. The van der Waals surface area contributed by atoms with Crippen molar-refractivity contribution in [2.24, 2.45) is 11.8 Å². The first-order chi connectivity index (χ1) is 19.5. The lowest BCUT2D eigenvalue weighted by Crippen LogP contribution is -2.31. The number of hydrogen-bond acceptors (Lipinski definition) is 6. The summed E-state index contributed by atoms with van der Waals surface area (Å²) < 4.78 is 2.06. The third kappa shape index (κ3) is 4.34. The molecule has 200 valence electrons. The van der Waals surface area contributed by atoms with Crippen LogP contribution in [-0.2, 0) is 6.54 Å². The molecule has 0 spiro atoms. The van der Waals surface area contributed by atoms with Gasteiger partial charge in [-0.1, -0.05) is 42.5 Å². The highest BCUT2D eigenvalue weighted by atomic mass is 16.4. The third-order valence-electron chi connectivity index (χ3n) is 8.09. The van der Waals surface area contributed by atoms with E-state index in [0.29, 0.717) is 36.6 Å². The number of carbonyl (C=O) groups is 1. The van der Waals surface area contributed by atoms with Gasteiger partial charge in [-0.15, -0.1) is 0 Å². The van der Waals surface area contributed by atoms with E-state index in [0.717, 1.165) is 53.3 Å². The Morgan fingerprint density at radius 1 is 0.875 bits per heavy atom. The van der Waals surface area contributed by atoms with Gasteiger partial charge in [0.2, 0.25) is 0 Å². The fourth-order valence-corrected chi connectivity index (χ4v) is 6.14. The molecule has 2 atom stereocenters. The number of amides is 1. The number of nitrogens with two attached hydrogens (primary N) is 1. The topological polar surface area (TPSA) is 113 Å². The van der Waals surface area contributed by atoms with Gasteiger partial charge in [-0.3, -0.25) is 9.47 Å². The van der Waals surface area contributed by atoms with E-state index >= 15 is 0 Å². The summed E-state index contributed by atoms with van der Waals surface area (Å²) in [6.07, 6.45) is 0.874. The van der Waals surface area contributed by atoms with Crippen molar-refractivity contribution < 1.29 is 9.90 Å². The van der Waals surface area contributed by atoms with Crippen LogP contribution in [0.5, 0.6) is 0 Å². The second-order valence-corrected chi connectivity index (χ2v) is 10.7. The summed E-state index contributed by atoms with van der Waals surface area (Å²) in [5.41, 5.74) is 12.6. The number of aromatic nitrogens is 4. The normalized spacial score (nSPS) is 18.9. The monoisotopic (exact) mass is 531 g/mol. The van der Waals surface area contributed by atoms with Gasteiger partial charge in [0.05, 0.1) is 11.3 Å². The third-order valence-corrected chi connectivity index (χ3v) is 8.09. The van der Waals surface area contributed by atoms with E-state index in [1.165, 1.54) is 5.56 Å². The van der Waals surface area contributed by atoms with Crippen molar-refractivity contribution in [2.75, 3.05) is 31.9 Å². The number of carboxylic acid groups (broad SMARTS) is 1. The zero-order chi connectivity index (χ0) is 27.2. The Balaban J connectivity index is 1.22. The molecular weight excluding hydrogens is 502 g/mol. The van der Waals surface area contributed by atoms with Crippen LogP contribution in [0.1, 0.15) is 5.56 Å². The highest BCUT2D eigenvalue weighted by Crippen LogP contribution is 2.34. The van der Waals surface area contributed by atoms with Crippen LogP contribution >= 0.6 is 0 Å². The molecule has 9 nitrogen and oxygen atoms in total. The number of rotatable bonds is 5. The first kappa shape index (κ1) is 24.3. The van der Waals surface area contributed by atoms with Crippen LogP contribution in [0.2, 0.25) is 0 Å². The SMILES string of the molecule is Nc1ncccc1-c1nc2ccc(-c3ccccc3)nc2n1-c1ccc(CN2C[C@@H]3CN(C(=O)O)C[C@@H]3C2)cc1. The predicted octanol–water partition coefficient (Wildman–Crippen LogP) is 4.77. The average molecular weight is 532 g/mol. The quantitative estimate of drug-likeness (QED) is 0.336. The van der Waals surface area contributed by atoms with Crippen LogP contribution in [0, 0.1) is 11.8 Å². The molecule has 40 heavy (non-hydrogen) atoms. The molecule has 0 saturated carbocycles. The van der Waals surface area contributed by atoms with Gasteiger partial charge in [-0.05, 0) is 53.8 Å².